The van der Waals surface area contributed by atoms with Crippen molar-refractivity contribution in [2.24, 2.45) is 0 Å². The number of hydrogen-bond donors (Lipinski definition) is 0. The van der Waals surface area contributed by atoms with E-state index in [9.17, 15) is 14.0 Å². The second kappa shape index (κ2) is 7.90. The van der Waals surface area contributed by atoms with Crippen molar-refractivity contribution in [3.8, 4) is 0 Å². The number of anilines is 1. The Hall–Kier alpha value is -3.03. The molecule has 1 aromatic carbocycles. The normalized spacial score (nSPS) is 14.2. The van der Waals surface area contributed by atoms with Crippen molar-refractivity contribution in [2.45, 2.75) is 6.92 Å². The monoisotopic (exact) mass is 358 g/mol. The molecule has 0 unspecified atom stereocenters. The summed E-state index contributed by atoms with van der Waals surface area (Å²) in [5.41, 5.74) is 1.28. The van der Waals surface area contributed by atoms with Gasteiger partial charge in [-0.15, -0.1) is 0 Å². The molecule has 7 nitrogen and oxygen atoms in total. The molecule has 0 saturated carbocycles. The van der Waals surface area contributed by atoms with Gasteiger partial charge in [0.25, 0.3) is 5.91 Å². The number of hydrogen-bond acceptors (Lipinski definition) is 6. The van der Waals surface area contributed by atoms with Crippen LogP contribution in [-0.4, -0.2) is 59.5 Å². The van der Waals surface area contributed by atoms with Gasteiger partial charge in [0.1, 0.15) is 5.82 Å². The highest BCUT2D eigenvalue weighted by Crippen LogP contribution is 2.20. The number of benzene rings is 1. The third kappa shape index (κ3) is 4.14. The van der Waals surface area contributed by atoms with Crippen molar-refractivity contribution >= 4 is 17.6 Å². The Morgan fingerprint density at radius 1 is 1.12 bits per heavy atom. The molecule has 3 rings (SSSR count). The number of piperazine rings is 1. The lowest BCUT2D eigenvalue weighted by atomic mass is 10.2. The van der Waals surface area contributed by atoms with Gasteiger partial charge >= 0.3 is 5.97 Å². The number of esters is 1. The second-order valence-electron chi connectivity index (χ2n) is 5.94. The summed E-state index contributed by atoms with van der Waals surface area (Å²) in [7, 11) is 0. The van der Waals surface area contributed by atoms with Crippen molar-refractivity contribution in [3.05, 3.63) is 53.9 Å². The zero-order chi connectivity index (χ0) is 18.5. The number of aromatic nitrogens is 2. The third-order valence-electron chi connectivity index (χ3n) is 4.14. The first kappa shape index (κ1) is 17.8. The van der Waals surface area contributed by atoms with Gasteiger partial charge in [-0.2, -0.15) is 0 Å². The summed E-state index contributed by atoms with van der Waals surface area (Å²) in [4.78, 5) is 35.5. The zero-order valence-corrected chi connectivity index (χ0v) is 14.4. The number of ether oxygens (including phenoxy) is 1. The first-order valence-corrected chi connectivity index (χ1v) is 8.27. The van der Waals surface area contributed by atoms with E-state index in [-0.39, 0.29) is 24.0 Å². The van der Waals surface area contributed by atoms with E-state index in [1.165, 1.54) is 18.5 Å². The molecular weight excluding hydrogens is 339 g/mol. The molecule has 0 radical (unpaired) electrons. The Labute approximate surface area is 150 Å². The summed E-state index contributed by atoms with van der Waals surface area (Å²) < 4.78 is 18.8. The standard InChI is InChI=1S/C18H19FN4O3/c1-13-10-21-15(11-20-13)18(25)26-12-17(24)23-8-6-22(7-9-23)16-5-3-2-4-14(16)19/h2-5,10-11H,6-9,12H2,1H3. The maximum Gasteiger partial charge on any atom is 0.359 e. The molecule has 2 heterocycles. The van der Waals surface area contributed by atoms with Gasteiger partial charge in [-0.05, 0) is 19.1 Å². The number of amides is 1. The molecule has 1 aromatic heterocycles. The number of nitrogens with zero attached hydrogens (tertiary/aromatic N) is 4. The molecule has 1 fully saturated rings. The summed E-state index contributed by atoms with van der Waals surface area (Å²) in [5.74, 6) is -1.25. The molecule has 1 aliphatic heterocycles. The van der Waals surface area contributed by atoms with Gasteiger partial charge in [-0.1, -0.05) is 12.1 Å². The predicted octanol–water partition coefficient (Wildman–Crippen LogP) is 1.43. The summed E-state index contributed by atoms with van der Waals surface area (Å²) in [6.07, 6.45) is 2.77. The molecular formula is C18H19FN4O3. The molecule has 26 heavy (non-hydrogen) atoms. The summed E-state index contributed by atoms with van der Waals surface area (Å²) in [6, 6.07) is 6.56. The molecule has 1 aliphatic rings. The van der Waals surface area contributed by atoms with E-state index in [2.05, 4.69) is 9.97 Å². The van der Waals surface area contributed by atoms with Gasteiger partial charge < -0.3 is 14.5 Å². The lowest BCUT2D eigenvalue weighted by molar-refractivity contribution is -0.134. The fraction of sp³-hybridized carbons (Fsp3) is 0.333. The maximum atomic E-state index is 13.8. The second-order valence-corrected chi connectivity index (χ2v) is 5.94. The zero-order valence-electron chi connectivity index (χ0n) is 14.4. The van der Waals surface area contributed by atoms with Crippen molar-refractivity contribution in [3.63, 3.8) is 0 Å². The summed E-state index contributed by atoms with van der Waals surface area (Å²) in [6.45, 7) is 3.32. The van der Waals surface area contributed by atoms with E-state index in [1.54, 1.807) is 30.0 Å². The highest BCUT2D eigenvalue weighted by atomic mass is 19.1. The molecule has 0 bridgehead atoms. The number of halogens is 1. The lowest BCUT2D eigenvalue weighted by Gasteiger charge is -2.36. The van der Waals surface area contributed by atoms with Crippen molar-refractivity contribution in [1.82, 2.24) is 14.9 Å². The SMILES string of the molecule is Cc1cnc(C(=O)OCC(=O)N2CCN(c3ccccc3F)CC2)cn1. The molecule has 0 aliphatic carbocycles. The Morgan fingerprint density at radius 3 is 2.50 bits per heavy atom. The van der Waals surface area contributed by atoms with E-state index in [4.69, 9.17) is 4.74 Å². The summed E-state index contributed by atoms with van der Waals surface area (Å²) >= 11 is 0. The smallest absolute Gasteiger partial charge is 0.359 e. The van der Waals surface area contributed by atoms with Crippen molar-refractivity contribution < 1.29 is 18.7 Å². The van der Waals surface area contributed by atoms with Crippen LogP contribution in [0.3, 0.4) is 0 Å². The van der Waals surface area contributed by atoms with Gasteiger partial charge in [0.2, 0.25) is 0 Å². The van der Waals surface area contributed by atoms with Gasteiger partial charge in [-0.25, -0.2) is 14.2 Å². The van der Waals surface area contributed by atoms with Crippen LogP contribution in [-0.2, 0) is 9.53 Å². The van der Waals surface area contributed by atoms with Crippen LogP contribution in [0, 0.1) is 12.7 Å². The van der Waals surface area contributed by atoms with E-state index < -0.39 is 5.97 Å². The van der Waals surface area contributed by atoms with Crippen molar-refractivity contribution in [1.29, 1.82) is 0 Å². The third-order valence-corrected chi connectivity index (χ3v) is 4.14. The molecule has 0 atom stereocenters. The fourth-order valence-electron chi connectivity index (χ4n) is 2.70. The lowest BCUT2D eigenvalue weighted by Crippen LogP contribution is -2.50. The maximum absolute atomic E-state index is 13.8. The van der Waals surface area contributed by atoms with Crippen LogP contribution in [0.4, 0.5) is 10.1 Å². The van der Waals surface area contributed by atoms with E-state index >= 15 is 0 Å². The van der Waals surface area contributed by atoms with Crippen LogP contribution in [0.15, 0.2) is 36.7 Å². The molecule has 136 valence electrons. The minimum Gasteiger partial charge on any atom is -0.451 e. The predicted molar refractivity (Wildman–Crippen MR) is 92.2 cm³/mol. The fourth-order valence-corrected chi connectivity index (χ4v) is 2.70. The van der Waals surface area contributed by atoms with Crippen LogP contribution in [0.2, 0.25) is 0 Å². The van der Waals surface area contributed by atoms with Crippen LogP contribution in [0.1, 0.15) is 16.2 Å². The van der Waals surface area contributed by atoms with Gasteiger partial charge in [0, 0.05) is 32.4 Å². The number of para-hydroxylation sites is 1. The number of rotatable bonds is 4. The number of carbonyl (C=O) groups is 2. The molecule has 0 spiro atoms. The van der Waals surface area contributed by atoms with Crippen molar-refractivity contribution in [2.75, 3.05) is 37.7 Å². The molecule has 1 saturated heterocycles. The first-order chi connectivity index (χ1) is 12.5. The molecule has 2 aromatic rings. The minimum atomic E-state index is -0.684. The highest BCUT2D eigenvalue weighted by molar-refractivity contribution is 5.89. The van der Waals surface area contributed by atoms with Gasteiger partial charge in [-0.3, -0.25) is 9.78 Å². The highest BCUT2D eigenvalue weighted by Gasteiger charge is 2.23. The number of aryl methyl sites for hydroxylation is 1. The number of carbonyl (C=O) groups excluding carboxylic acids is 2. The van der Waals surface area contributed by atoms with E-state index in [1.807, 2.05) is 4.90 Å². The Morgan fingerprint density at radius 2 is 1.85 bits per heavy atom. The molecule has 8 heteroatoms. The molecule has 1 amide bonds. The van der Waals surface area contributed by atoms with E-state index in [0.29, 0.717) is 37.6 Å². The van der Waals surface area contributed by atoms with Crippen LogP contribution < -0.4 is 4.90 Å². The Bertz CT molecular complexity index is 789. The van der Waals surface area contributed by atoms with Gasteiger partial charge in [0.05, 0.1) is 17.6 Å². The summed E-state index contributed by atoms with van der Waals surface area (Å²) in [5, 5.41) is 0. The Kier molecular flexibility index (Phi) is 5.40. The average molecular weight is 358 g/mol. The van der Waals surface area contributed by atoms with E-state index in [0.717, 1.165) is 0 Å². The quantitative estimate of drug-likeness (QED) is 0.770. The van der Waals surface area contributed by atoms with Crippen LogP contribution in [0.25, 0.3) is 0 Å². The largest absolute Gasteiger partial charge is 0.451 e. The van der Waals surface area contributed by atoms with Crippen LogP contribution in [0.5, 0.6) is 0 Å². The topological polar surface area (TPSA) is 75.6 Å². The Balaban J connectivity index is 1.48. The van der Waals surface area contributed by atoms with Gasteiger partial charge in [0.15, 0.2) is 12.3 Å². The van der Waals surface area contributed by atoms with Crippen LogP contribution >= 0.6 is 0 Å². The first-order valence-electron chi connectivity index (χ1n) is 8.27. The average Bonchev–Trinajstić information content (AvgIpc) is 2.67. The molecule has 0 N–H and O–H groups in total. The minimum absolute atomic E-state index is 0.0628.